The lowest BCUT2D eigenvalue weighted by Crippen LogP contribution is -2.59. The largest absolute Gasteiger partial charge is 0.497 e. The minimum absolute atomic E-state index is 0.0264. The Kier molecular flexibility index (Phi) is 6.51. The second-order valence-corrected chi connectivity index (χ2v) is 8.16. The fourth-order valence-electron chi connectivity index (χ4n) is 4.37. The summed E-state index contributed by atoms with van der Waals surface area (Å²) in [4.78, 5) is 32.1. The van der Waals surface area contributed by atoms with Gasteiger partial charge in [0.2, 0.25) is 11.8 Å². The first-order chi connectivity index (χ1) is 15.0. The molecule has 0 spiro atoms. The Morgan fingerprint density at radius 3 is 2.65 bits per heavy atom. The molecule has 0 bridgehead atoms. The van der Waals surface area contributed by atoms with Crippen LogP contribution in [0.5, 0.6) is 5.75 Å². The summed E-state index contributed by atoms with van der Waals surface area (Å²) in [5.41, 5.74) is 1.81. The molecule has 7 heteroatoms. The molecular weight excluding hydrogens is 397 g/mol. The molecule has 1 unspecified atom stereocenters. The molecule has 6 nitrogen and oxygen atoms in total. The van der Waals surface area contributed by atoms with Crippen LogP contribution >= 0.6 is 0 Å². The number of fused-ring (bicyclic) bond motifs is 1. The van der Waals surface area contributed by atoms with Crippen molar-refractivity contribution in [3.8, 4) is 5.75 Å². The molecule has 2 saturated heterocycles. The highest BCUT2D eigenvalue weighted by Gasteiger charge is 2.38. The van der Waals surface area contributed by atoms with E-state index < -0.39 is 0 Å². The number of carbonyl (C=O) groups is 2. The van der Waals surface area contributed by atoms with E-state index in [1.807, 2.05) is 34.1 Å². The standard InChI is InChI=1S/C24H28FN3O3/c1-31-21-5-2-4-19(14-21)15-23(29)27-11-3-10-26-12-13-28(24(30)22(26)17-27)16-18-6-8-20(25)9-7-18/h2,4-9,14,22H,3,10-13,15-17H2,1H3. The molecule has 4 rings (SSSR count). The number of benzene rings is 2. The van der Waals surface area contributed by atoms with E-state index >= 15 is 0 Å². The molecule has 2 aliphatic rings. The Morgan fingerprint density at radius 2 is 1.87 bits per heavy atom. The molecule has 2 amide bonds. The number of hydrogen-bond acceptors (Lipinski definition) is 4. The Morgan fingerprint density at radius 1 is 1.06 bits per heavy atom. The molecule has 0 aliphatic carbocycles. The van der Waals surface area contributed by atoms with Crippen LogP contribution in [0.3, 0.4) is 0 Å². The van der Waals surface area contributed by atoms with Gasteiger partial charge in [0.1, 0.15) is 17.6 Å². The second kappa shape index (κ2) is 9.47. The first-order valence-corrected chi connectivity index (χ1v) is 10.7. The summed E-state index contributed by atoms with van der Waals surface area (Å²) in [6.45, 7) is 3.76. The number of piperazine rings is 1. The fraction of sp³-hybridized carbons (Fsp3) is 0.417. The van der Waals surface area contributed by atoms with E-state index in [0.29, 0.717) is 26.2 Å². The molecule has 2 heterocycles. The predicted molar refractivity (Wildman–Crippen MR) is 115 cm³/mol. The zero-order chi connectivity index (χ0) is 21.8. The summed E-state index contributed by atoms with van der Waals surface area (Å²) in [5, 5.41) is 0. The summed E-state index contributed by atoms with van der Waals surface area (Å²) in [6.07, 6.45) is 1.14. The van der Waals surface area contributed by atoms with Crippen molar-refractivity contribution >= 4 is 11.8 Å². The highest BCUT2D eigenvalue weighted by Crippen LogP contribution is 2.20. The van der Waals surface area contributed by atoms with Crippen molar-refractivity contribution in [3.05, 3.63) is 65.5 Å². The van der Waals surface area contributed by atoms with Gasteiger partial charge in [-0.2, -0.15) is 0 Å². The van der Waals surface area contributed by atoms with E-state index in [2.05, 4.69) is 4.90 Å². The van der Waals surface area contributed by atoms with Gasteiger partial charge >= 0.3 is 0 Å². The molecule has 0 N–H and O–H groups in total. The maximum absolute atomic E-state index is 13.2. The van der Waals surface area contributed by atoms with Gasteiger partial charge < -0.3 is 14.5 Å². The number of halogens is 1. The number of rotatable bonds is 5. The minimum atomic E-state index is -0.328. The topological polar surface area (TPSA) is 53.1 Å². The third-order valence-corrected chi connectivity index (χ3v) is 6.09. The van der Waals surface area contributed by atoms with Gasteiger partial charge in [-0.1, -0.05) is 24.3 Å². The number of nitrogens with zero attached hydrogens (tertiary/aromatic N) is 3. The van der Waals surface area contributed by atoms with Crippen LogP contribution in [-0.2, 0) is 22.6 Å². The van der Waals surface area contributed by atoms with E-state index in [1.54, 1.807) is 19.2 Å². The van der Waals surface area contributed by atoms with Crippen LogP contribution in [0.2, 0.25) is 0 Å². The van der Waals surface area contributed by atoms with Crippen molar-refractivity contribution in [2.45, 2.75) is 25.4 Å². The Balaban J connectivity index is 1.43. The quantitative estimate of drug-likeness (QED) is 0.738. The molecular formula is C24H28FN3O3. The molecule has 2 aliphatic heterocycles. The number of hydrogen-bond donors (Lipinski definition) is 0. The molecule has 1 atom stereocenters. The van der Waals surface area contributed by atoms with E-state index in [0.717, 1.165) is 36.4 Å². The summed E-state index contributed by atoms with van der Waals surface area (Å²) >= 11 is 0. The number of methoxy groups -OCH3 is 1. The highest BCUT2D eigenvalue weighted by atomic mass is 19.1. The van der Waals surface area contributed by atoms with Gasteiger partial charge in [-0.3, -0.25) is 14.5 Å². The Hall–Kier alpha value is -2.93. The third kappa shape index (κ3) is 5.05. The van der Waals surface area contributed by atoms with Crippen molar-refractivity contribution in [1.29, 1.82) is 0 Å². The van der Waals surface area contributed by atoms with Crippen LogP contribution in [0.25, 0.3) is 0 Å². The van der Waals surface area contributed by atoms with Crippen molar-refractivity contribution in [2.75, 3.05) is 39.8 Å². The van der Waals surface area contributed by atoms with Crippen LogP contribution in [0, 0.1) is 5.82 Å². The molecule has 2 aromatic rings. The zero-order valence-electron chi connectivity index (χ0n) is 17.8. The molecule has 0 radical (unpaired) electrons. The molecule has 0 aromatic heterocycles. The van der Waals surface area contributed by atoms with Gasteiger partial charge in [0, 0.05) is 39.3 Å². The average Bonchev–Trinajstić information content (AvgIpc) is 3.00. The monoisotopic (exact) mass is 425 g/mol. The average molecular weight is 426 g/mol. The van der Waals surface area contributed by atoms with Crippen LogP contribution in [0.1, 0.15) is 17.5 Å². The summed E-state index contributed by atoms with van der Waals surface area (Å²) < 4.78 is 18.4. The van der Waals surface area contributed by atoms with Crippen molar-refractivity contribution in [2.24, 2.45) is 0 Å². The van der Waals surface area contributed by atoms with Crippen molar-refractivity contribution in [1.82, 2.24) is 14.7 Å². The summed E-state index contributed by atoms with van der Waals surface area (Å²) in [6, 6.07) is 13.5. The van der Waals surface area contributed by atoms with Gasteiger partial charge in [0.05, 0.1) is 13.5 Å². The maximum Gasteiger partial charge on any atom is 0.242 e. The highest BCUT2D eigenvalue weighted by molar-refractivity contribution is 5.85. The molecule has 2 aromatic carbocycles. The zero-order valence-corrected chi connectivity index (χ0v) is 17.8. The summed E-state index contributed by atoms with van der Waals surface area (Å²) in [5.74, 6) is 0.510. The second-order valence-electron chi connectivity index (χ2n) is 8.16. The Bertz CT molecular complexity index is 934. The predicted octanol–water partition coefficient (Wildman–Crippen LogP) is 2.32. The lowest BCUT2D eigenvalue weighted by atomic mass is 10.1. The van der Waals surface area contributed by atoms with Crippen LogP contribution in [0.15, 0.2) is 48.5 Å². The van der Waals surface area contributed by atoms with E-state index in [9.17, 15) is 14.0 Å². The normalized spacial score (nSPS) is 19.7. The number of amides is 2. The number of carbonyl (C=O) groups excluding carboxylic acids is 2. The third-order valence-electron chi connectivity index (χ3n) is 6.09. The maximum atomic E-state index is 13.2. The van der Waals surface area contributed by atoms with Gasteiger partial charge in [-0.25, -0.2) is 4.39 Å². The van der Waals surface area contributed by atoms with Gasteiger partial charge in [0.25, 0.3) is 0 Å². The van der Waals surface area contributed by atoms with Gasteiger partial charge in [-0.15, -0.1) is 0 Å². The van der Waals surface area contributed by atoms with Crippen LogP contribution in [-0.4, -0.2) is 72.4 Å². The molecule has 0 saturated carbocycles. The first kappa shape index (κ1) is 21.3. The fourth-order valence-corrected chi connectivity index (χ4v) is 4.37. The van der Waals surface area contributed by atoms with E-state index in [4.69, 9.17) is 4.74 Å². The van der Waals surface area contributed by atoms with Crippen molar-refractivity contribution in [3.63, 3.8) is 0 Å². The smallest absolute Gasteiger partial charge is 0.242 e. The molecule has 2 fully saturated rings. The van der Waals surface area contributed by atoms with Gasteiger partial charge in [-0.05, 0) is 41.8 Å². The van der Waals surface area contributed by atoms with Gasteiger partial charge in [0.15, 0.2) is 0 Å². The Labute approximate surface area is 182 Å². The first-order valence-electron chi connectivity index (χ1n) is 10.7. The van der Waals surface area contributed by atoms with E-state index in [1.165, 1.54) is 12.1 Å². The lowest BCUT2D eigenvalue weighted by Gasteiger charge is -2.40. The van der Waals surface area contributed by atoms with Crippen LogP contribution in [0.4, 0.5) is 4.39 Å². The summed E-state index contributed by atoms with van der Waals surface area (Å²) in [7, 11) is 1.61. The number of ether oxygens (including phenoxy) is 1. The van der Waals surface area contributed by atoms with E-state index in [-0.39, 0.29) is 30.1 Å². The SMILES string of the molecule is COc1cccc(CC(=O)N2CCCN3CCN(Cc4ccc(F)cc4)C(=O)C3C2)c1. The van der Waals surface area contributed by atoms with Crippen LogP contribution < -0.4 is 4.74 Å². The minimum Gasteiger partial charge on any atom is -0.497 e. The lowest BCUT2D eigenvalue weighted by molar-refractivity contribution is -0.143. The molecule has 164 valence electrons. The molecule has 31 heavy (non-hydrogen) atoms. The van der Waals surface area contributed by atoms with Crippen molar-refractivity contribution < 1.29 is 18.7 Å².